The van der Waals surface area contributed by atoms with Gasteiger partial charge in [0.05, 0.1) is 5.69 Å². The molecule has 3 N–H and O–H groups in total. The minimum atomic E-state index is -0.968. The van der Waals surface area contributed by atoms with Crippen LogP contribution in [-0.2, 0) is 6.54 Å². The molecule has 2 aromatic heterocycles. The Morgan fingerprint density at radius 3 is 2.78 bits per heavy atom. The molecular formula is C23H25F2N5O2. The number of amides is 1. The fourth-order valence-electron chi connectivity index (χ4n) is 3.76. The molecule has 1 aliphatic carbocycles. The molecule has 1 saturated carbocycles. The molecule has 1 aromatic carbocycles. The predicted molar refractivity (Wildman–Crippen MR) is 116 cm³/mol. The van der Waals surface area contributed by atoms with E-state index in [9.17, 15) is 13.6 Å². The third-order valence-electron chi connectivity index (χ3n) is 5.46. The van der Waals surface area contributed by atoms with Crippen LogP contribution in [0.25, 0.3) is 11.3 Å². The van der Waals surface area contributed by atoms with Gasteiger partial charge < -0.3 is 20.4 Å². The Kier molecular flexibility index (Phi) is 6.63. The van der Waals surface area contributed by atoms with Crippen molar-refractivity contribution < 1.29 is 18.3 Å². The molecule has 4 rings (SSSR count). The molecule has 0 unspecified atom stereocenters. The van der Waals surface area contributed by atoms with E-state index in [1.807, 2.05) is 6.92 Å². The first-order valence-corrected chi connectivity index (χ1v) is 10.7. The molecule has 0 radical (unpaired) electrons. The number of aryl methyl sites for hydroxylation is 1. The summed E-state index contributed by atoms with van der Waals surface area (Å²) in [6.45, 7) is 1.92. The number of nitrogens with one attached hydrogen (secondary N) is 3. The predicted octanol–water partition coefficient (Wildman–Crippen LogP) is 5.09. The summed E-state index contributed by atoms with van der Waals surface area (Å²) in [5, 5.41) is 5.92. The van der Waals surface area contributed by atoms with E-state index in [4.69, 9.17) is 4.74 Å². The lowest BCUT2D eigenvalue weighted by Gasteiger charge is -2.22. The highest BCUT2D eigenvalue weighted by atomic mass is 19.2. The summed E-state index contributed by atoms with van der Waals surface area (Å²) in [7, 11) is 0. The van der Waals surface area contributed by atoms with E-state index in [0.717, 1.165) is 41.8 Å². The maximum Gasteiger partial charge on any atom is 0.414 e. The molecule has 1 amide bonds. The average Bonchev–Trinajstić information content (AvgIpc) is 3.25. The third kappa shape index (κ3) is 5.40. The van der Waals surface area contributed by atoms with Crippen LogP contribution in [0, 0.1) is 18.6 Å². The van der Waals surface area contributed by atoms with Gasteiger partial charge in [0.15, 0.2) is 11.6 Å². The number of aromatic nitrogens is 3. The van der Waals surface area contributed by atoms with Crippen LogP contribution in [0.4, 0.5) is 19.5 Å². The maximum absolute atomic E-state index is 13.3. The van der Waals surface area contributed by atoms with E-state index in [1.54, 1.807) is 18.5 Å². The number of ether oxygens (including phenoxy) is 1. The largest absolute Gasteiger partial charge is 0.414 e. The summed E-state index contributed by atoms with van der Waals surface area (Å²) in [6, 6.07) is 5.50. The van der Waals surface area contributed by atoms with Gasteiger partial charge in [-0.3, -0.25) is 0 Å². The number of hydrogen-bond acceptors (Lipinski definition) is 5. The molecule has 1 fully saturated rings. The summed E-state index contributed by atoms with van der Waals surface area (Å²) in [5.74, 6) is -1.08. The number of carbonyl (C=O) groups is 1. The second-order valence-electron chi connectivity index (χ2n) is 7.95. The number of halogens is 2. The van der Waals surface area contributed by atoms with Crippen molar-refractivity contribution in [2.24, 2.45) is 0 Å². The van der Waals surface area contributed by atoms with Crippen molar-refractivity contribution >= 4 is 12.0 Å². The molecule has 168 valence electrons. The van der Waals surface area contributed by atoms with E-state index >= 15 is 0 Å². The van der Waals surface area contributed by atoms with Crippen molar-refractivity contribution in [2.45, 2.75) is 51.6 Å². The number of benzene rings is 1. The zero-order valence-corrected chi connectivity index (χ0v) is 17.8. The van der Waals surface area contributed by atoms with Crippen LogP contribution >= 0.6 is 0 Å². The van der Waals surface area contributed by atoms with Gasteiger partial charge in [-0.1, -0.05) is 25.3 Å². The van der Waals surface area contributed by atoms with Crippen molar-refractivity contribution in [3.63, 3.8) is 0 Å². The Morgan fingerprint density at radius 2 is 2.00 bits per heavy atom. The highest BCUT2D eigenvalue weighted by Gasteiger charge is 2.16. The number of nitrogens with zero attached hydrogens (tertiary/aromatic N) is 2. The summed E-state index contributed by atoms with van der Waals surface area (Å²) >= 11 is 0. The second kappa shape index (κ2) is 9.76. The summed E-state index contributed by atoms with van der Waals surface area (Å²) in [5.41, 5.74) is 2.82. The van der Waals surface area contributed by atoms with E-state index in [1.165, 1.54) is 25.3 Å². The lowest BCUT2D eigenvalue weighted by Crippen LogP contribution is -2.26. The first kappa shape index (κ1) is 21.7. The highest BCUT2D eigenvalue weighted by Crippen LogP contribution is 2.27. The number of anilines is 1. The standard InChI is InChI=1S/C23H25F2N5O2/c1-14-11-27-22(29-17-5-3-2-4-6-17)30-21(14)16-10-20(26-13-16)32-23(31)28-12-15-7-8-18(24)19(25)9-15/h7-11,13,17,26H,2-6,12H2,1H3,(H,28,31)(H,27,29,30). The van der Waals surface area contributed by atoms with Crippen LogP contribution < -0.4 is 15.4 Å². The van der Waals surface area contributed by atoms with Crippen LogP contribution in [0.2, 0.25) is 0 Å². The molecule has 0 bridgehead atoms. The molecule has 0 saturated heterocycles. The van der Waals surface area contributed by atoms with Gasteiger partial charge in [0.2, 0.25) is 11.8 Å². The first-order chi connectivity index (χ1) is 15.5. The molecule has 3 aromatic rings. The van der Waals surface area contributed by atoms with Gasteiger partial charge in [0, 0.05) is 36.6 Å². The van der Waals surface area contributed by atoms with Crippen molar-refractivity contribution in [1.82, 2.24) is 20.3 Å². The second-order valence-corrected chi connectivity index (χ2v) is 7.95. The monoisotopic (exact) mass is 441 g/mol. The minimum absolute atomic E-state index is 0.00478. The van der Waals surface area contributed by atoms with Gasteiger partial charge in [-0.05, 0) is 43.0 Å². The van der Waals surface area contributed by atoms with Crippen molar-refractivity contribution in [2.75, 3.05) is 5.32 Å². The van der Waals surface area contributed by atoms with E-state index in [0.29, 0.717) is 17.6 Å². The summed E-state index contributed by atoms with van der Waals surface area (Å²) < 4.78 is 31.5. The average molecular weight is 441 g/mol. The topological polar surface area (TPSA) is 91.9 Å². The SMILES string of the molecule is Cc1cnc(NC2CCCCC2)nc1-c1c[nH]c(OC(=O)NCc2ccc(F)c(F)c2)c1. The summed E-state index contributed by atoms with van der Waals surface area (Å²) in [4.78, 5) is 24.0. The van der Waals surface area contributed by atoms with Crippen LogP contribution in [0.3, 0.4) is 0 Å². The van der Waals surface area contributed by atoms with Gasteiger partial charge >= 0.3 is 6.09 Å². The Morgan fingerprint density at radius 1 is 1.19 bits per heavy atom. The zero-order chi connectivity index (χ0) is 22.5. The molecule has 2 heterocycles. The van der Waals surface area contributed by atoms with Gasteiger partial charge in [-0.2, -0.15) is 0 Å². The Balaban J connectivity index is 1.37. The molecule has 0 spiro atoms. The molecule has 1 aliphatic rings. The Bertz CT molecular complexity index is 1100. The molecule has 0 aliphatic heterocycles. The Hall–Kier alpha value is -3.49. The van der Waals surface area contributed by atoms with Gasteiger partial charge in [-0.25, -0.2) is 23.5 Å². The molecule has 7 nitrogen and oxygen atoms in total. The minimum Gasteiger partial charge on any atom is -0.393 e. The third-order valence-corrected chi connectivity index (χ3v) is 5.46. The number of rotatable bonds is 6. The van der Waals surface area contributed by atoms with Gasteiger partial charge in [-0.15, -0.1) is 0 Å². The van der Waals surface area contributed by atoms with E-state index in [2.05, 4.69) is 25.6 Å². The number of aromatic amines is 1. The van der Waals surface area contributed by atoms with Crippen LogP contribution in [-0.4, -0.2) is 27.1 Å². The van der Waals surface area contributed by atoms with Gasteiger partial charge in [0.25, 0.3) is 0 Å². The zero-order valence-electron chi connectivity index (χ0n) is 17.8. The molecule has 9 heteroatoms. The van der Waals surface area contributed by atoms with Gasteiger partial charge in [0.1, 0.15) is 0 Å². The lowest BCUT2D eigenvalue weighted by atomic mass is 9.96. The van der Waals surface area contributed by atoms with Crippen LogP contribution in [0.15, 0.2) is 36.7 Å². The fourth-order valence-corrected chi connectivity index (χ4v) is 3.76. The van der Waals surface area contributed by atoms with E-state index in [-0.39, 0.29) is 12.4 Å². The van der Waals surface area contributed by atoms with Crippen molar-refractivity contribution in [1.29, 1.82) is 0 Å². The Labute approximate surface area is 184 Å². The van der Waals surface area contributed by atoms with Crippen molar-refractivity contribution in [3.8, 4) is 17.1 Å². The number of H-pyrrole nitrogens is 1. The fraction of sp³-hybridized carbons (Fsp3) is 0.348. The smallest absolute Gasteiger partial charge is 0.393 e. The van der Waals surface area contributed by atoms with Crippen molar-refractivity contribution in [3.05, 3.63) is 59.4 Å². The quantitative estimate of drug-likeness (QED) is 0.496. The summed E-state index contributed by atoms with van der Waals surface area (Å²) in [6.07, 6.45) is 8.71. The highest BCUT2D eigenvalue weighted by molar-refractivity contribution is 5.71. The first-order valence-electron chi connectivity index (χ1n) is 10.7. The molecule has 0 atom stereocenters. The number of carbonyl (C=O) groups excluding carboxylic acids is 1. The van der Waals surface area contributed by atoms with Crippen LogP contribution in [0.5, 0.6) is 5.88 Å². The lowest BCUT2D eigenvalue weighted by molar-refractivity contribution is 0.198. The molecule has 32 heavy (non-hydrogen) atoms. The maximum atomic E-state index is 13.3. The van der Waals surface area contributed by atoms with E-state index < -0.39 is 17.7 Å². The number of hydrogen-bond donors (Lipinski definition) is 3. The van der Waals surface area contributed by atoms with Crippen LogP contribution in [0.1, 0.15) is 43.2 Å². The normalized spacial score (nSPS) is 14.2. The molecular weight excluding hydrogens is 416 g/mol.